The number of anilines is 2. The Morgan fingerprint density at radius 1 is 1.05 bits per heavy atom. The molecule has 3 aromatic heterocycles. The van der Waals surface area contributed by atoms with Gasteiger partial charge in [-0.05, 0) is 43.9 Å². The second kappa shape index (κ2) is 12.7. The summed E-state index contributed by atoms with van der Waals surface area (Å²) < 4.78 is 7.49. The molecule has 2 atom stereocenters. The highest BCUT2D eigenvalue weighted by atomic mass is 16.5. The van der Waals surface area contributed by atoms with Crippen LogP contribution in [0.4, 0.5) is 11.8 Å². The van der Waals surface area contributed by atoms with Crippen LogP contribution in [0, 0.1) is 5.92 Å². The SMILES string of the molecule is CC[C@H](COC(=O)[C@@H](N)C(C)C)Nc1nc(NCc2ccc(-c3ccccn3)cc2)c2ncn(C(C)C)c2n1. The molecule has 0 radical (unpaired) electrons. The Morgan fingerprint density at radius 3 is 2.46 bits per heavy atom. The van der Waals surface area contributed by atoms with Gasteiger partial charge in [0.1, 0.15) is 12.6 Å². The smallest absolute Gasteiger partial charge is 0.323 e. The van der Waals surface area contributed by atoms with Gasteiger partial charge in [0, 0.05) is 24.3 Å². The Hall–Kier alpha value is -4.05. The molecule has 4 N–H and O–H groups in total. The summed E-state index contributed by atoms with van der Waals surface area (Å²) in [5.41, 5.74) is 10.5. The van der Waals surface area contributed by atoms with Gasteiger partial charge in [-0.3, -0.25) is 9.78 Å². The van der Waals surface area contributed by atoms with E-state index in [4.69, 9.17) is 20.4 Å². The van der Waals surface area contributed by atoms with E-state index in [0.29, 0.717) is 30.2 Å². The van der Waals surface area contributed by atoms with Crippen molar-refractivity contribution in [1.29, 1.82) is 0 Å². The third-order valence-corrected chi connectivity index (χ3v) is 6.60. The molecule has 39 heavy (non-hydrogen) atoms. The first-order chi connectivity index (χ1) is 18.8. The minimum Gasteiger partial charge on any atom is -0.462 e. The minimum absolute atomic E-state index is 0.00689. The molecule has 0 bridgehead atoms. The molecule has 0 spiro atoms. The summed E-state index contributed by atoms with van der Waals surface area (Å²) in [4.78, 5) is 30.8. The van der Waals surface area contributed by atoms with Crippen LogP contribution in [0.1, 0.15) is 52.6 Å². The van der Waals surface area contributed by atoms with Gasteiger partial charge in [0.15, 0.2) is 17.0 Å². The van der Waals surface area contributed by atoms with Crippen molar-refractivity contribution in [2.75, 3.05) is 17.2 Å². The van der Waals surface area contributed by atoms with E-state index < -0.39 is 12.0 Å². The number of carbonyl (C=O) groups excluding carboxylic acids is 1. The molecule has 3 heterocycles. The van der Waals surface area contributed by atoms with Crippen molar-refractivity contribution in [2.24, 2.45) is 11.7 Å². The van der Waals surface area contributed by atoms with Crippen LogP contribution in [0.25, 0.3) is 22.4 Å². The van der Waals surface area contributed by atoms with Crippen molar-refractivity contribution < 1.29 is 9.53 Å². The number of carbonyl (C=O) groups is 1. The highest BCUT2D eigenvalue weighted by molar-refractivity contribution is 5.84. The van der Waals surface area contributed by atoms with E-state index in [1.165, 1.54) is 0 Å². The predicted molar refractivity (Wildman–Crippen MR) is 154 cm³/mol. The lowest BCUT2D eigenvalue weighted by Gasteiger charge is -2.20. The average molecular weight is 531 g/mol. The highest BCUT2D eigenvalue weighted by Gasteiger charge is 2.21. The van der Waals surface area contributed by atoms with Crippen LogP contribution in [0.15, 0.2) is 55.0 Å². The molecular weight excluding hydrogens is 492 g/mol. The van der Waals surface area contributed by atoms with Gasteiger partial charge < -0.3 is 25.7 Å². The fourth-order valence-electron chi connectivity index (χ4n) is 3.99. The number of nitrogens with one attached hydrogen (secondary N) is 2. The predicted octanol–water partition coefficient (Wildman–Crippen LogP) is 4.80. The molecule has 0 saturated heterocycles. The van der Waals surface area contributed by atoms with Gasteiger partial charge in [-0.15, -0.1) is 0 Å². The van der Waals surface area contributed by atoms with Gasteiger partial charge in [-0.25, -0.2) is 4.98 Å². The van der Waals surface area contributed by atoms with Crippen molar-refractivity contribution in [1.82, 2.24) is 24.5 Å². The lowest BCUT2D eigenvalue weighted by atomic mass is 10.1. The fraction of sp³-hybridized carbons (Fsp3) is 0.414. The Balaban J connectivity index is 1.52. The second-order valence-electron chi connectivity index (χ2n) is 10.2. The van der Waals surface area contributed by atoms with Crippen LogP contribution in [0.3, 0.4) is 0 Å². The van der Waals surface area contributed by atoms with Crippen LogP contribution >= 0.6 is 0 Å². The topological polar surface area (TPSA) is 133 Å². The monoisotopic (exact) mass is 530 g/mol. The molecule has 206 valence electrons. The van der Waals surface area contributed by atoms with Crippen molar-refractivity contribution >= 4 is 28.9 Å². The molecule has 0 unspecified atom stereocenters. The summed E-state index contributed by atoms with van der Waals surface area (Å²) in [6, 6.07) is 13.5. The zero-order chi connectivity index (χ0) is 27.9. The number of nitrogens with two attached hydrogens (primary N) is 1. The van der Waals surface area contributed by atoms with E-state index in [-0.39, 0.29) is 24.6 Å². The maximum Gasteiger partial charge on any atom is 0.323 e. The van der Waals surface area contributed by atoms with Crippen LogP contribution in [-0.2, 0) is 16.1 Å². The van der Waals surface area contributed by atoms with Crippen molar-refractivity contribution in [3.8, 4) is 11.3 Å². The molecule has 4 rings (SSSR count). The molecule has 0 aliphatic rings. The molecule has 10 nitrogen and oxygen atoms in total. The molecule has 0 fully saturated rings. The van der Waals surface area contributed by atoms with Crippen LogP contribution < -0.4 is 16.4 Å². The largest absolute Gasteiger partial charge is 0.462 e. The third kappa shape index (κ3) is 6.88. The maximum absolute atomic E-state index is 12.3. The summed E-state index contributed by atoms with van der Waals surface area (Å²) in [6.07, 6.45) is 4.29. The summed E-state index contributed by atoms with van der Waals surface area (Å²) in [5, 5.41) is 6.78. The standard InChI is InChI=1S/C29H38N8O2/c1-6-22(16-39-28(38)24(30)18(2)3)34-29-35-26(25-27(36-29)37(17-33-25)19(4)5)32-15-20-10-12-21(13-11-20)23-9-7-8-14-31-23/h7-14,17-19,22,24H,6,15-16,30H2,1-5H3,(H2,32,34,35,36)/t22-,24+/m1/s1. The number of ether oxygens (including phenoxy) is 1. The average Bonchev–Trinajstić information content (AvgIpc) is 3.38. The zero-order valence-electron chi connectivity index (χ0n) is 23.3. The summed E-state index contributed by atoms with van der Waals surface area (Å²) in [5.74, 6) is 0.668. The maximum atomic E-state index is 12.3. The van der Waals surface area contributed by atoms with Gasteiger partial charge in [-0.2, -0.15) is 9.97 Å². The second-order valence-corrected chi connectivity index (χ2v) is 10.2. The Labute approximate surface area is 229 Å². The number of rotatable bonds is 12. The first kappa shape index (κ1) is 28.0. The molecule has 0 aliphatic carbocycles. The van der Waals surface area contributed by atoms with Crippen LogP contribution in [0.2, 0.25) is 0 Å². The van der Waals surface area contributed by atoms with E-state index >= 15 is 0 Å². The minimum atomic E-state index is -0.649. The van der Waals surface area contributed by atoms with E-state index in [2.05, 4.69) is 58.7 Å². The Kier molecular flexibility index (Phi) is 9.08. The first-order valence-electron chi connectivity index (χ1n) is 13.4. The van der Waals surface area contributed by atoms with E-state index in [9.17, 15) is 4.79 Å². The summed E-state index contributed by atoms with van der Waals surface area (Å²) in [7, 11) is 0. The number of esters is 1. The van der Waals surface area contributed by atoms with Crippen molar-refractivity contribution in [3.05, 3.63) is 60.6 Å². The molecule has 0 amide bonds. The molecule has 4 aromatic rings. The Morgan fingerprint density at radius 2 is 1.82 bits per heavy atom. The number of aromatic nitrogens is 5. The lowest BCUT2D eigenvalue weighted by Crippen LogP contribution is -2.39. The number of fused-ring (bicyclic) bond motifs is 1. The Bertz CT molecular complexity index is 1370. The van der Waals surface area contributed by atoms with Crippen molar-refractivity contribution in [3.63, 3.8) is 0 Å². The van der Waals surface area contributed by atoms with Gasteiger partial charge in [0.05, 0.1) is 18.1 Å². The van der Waals surface area contributed by atoms with Gasteiger partial charge in [0.2, 0.25) is 5.95 Å². The quantitative estimate of drug-likeness (QED) is 0.221. The van der Waals surface area contributed by atoms with Crippen LogP contribution in [-0.4, -0.2) is 49.2 Å². The number of imidazole rings is 1. The number of hydrogen-bond donors (Lipinski definition) is 3. The summed E-state index contributed by atoms with van der Waals surface area (Å²) in [6.45, 7) is 10.7. The van der Waals surface area contributed by atoms with Crippen molar-refractivity contribution in [2.45, 2.75) is 65.7 Å². The number of nitrogens with zero attached hydrogens (tertiary/aromatic N) is 5. The number of benzene rings is 1. The third-order valence-electron chi connectivity index (χ3n) is 6.60. The van der Waals surface area contributed by atoms with Gasteiger partial charge in [-0.1, -0.05) is 51.1 Å². The zero-order valence-corrected chi connectivity index (χ0v) is 23.3. The number of pyridine rings is 1. The van der Waals surface area contributed by atoms with Gasteiger partial charge >= 0.3 is 5.97 Å². The molecule has 0 saturated carbocycles. The highest BCUT2D eigenvalue weighted by Crippen LogP contribution is 2.25. The lowest BCUT2D eigenvalue weighted by molar-refractivity contribution is -0.146. The molecule has 1 aromatic carbocycles. The normalized spacial score (nSPS) is 13.0. The fourth-order valence-corrected chi connectivity index (χ4v) is 3.99. The molecule has 0 aliphatic heterocycles. The van der Waals surface area contributed by atoms with Gasteiger partial charge in [0.25, 0.3) is 0 Å². The molecule has 10 heteroatoms. The first-order valence-corrected chi connectivity index (χ1v) is 13.4. The summed E-state index contributed by atoms with van der Waals surface area (Å²) >= 11 is 0. The molecular formula is C29H38N8O2. The van der Waals surface area contributed by atoms with E-state index in [0.717, 1.165) is 22.5 Å². The number of hydrogen-bond acceptors (Lipinski definition) is 9. The van der Waals surface area contributed by atoms with E-state index in [1.807, 2.05) is 43.5 Å². The van der Waals surface area contributed by atoms with Crippen LogP contribution in [0.5, 0.6) is 0 Å². The van der Waals surface area contributed by atoms with E-state index in [1.54, 1.807) is 12.5 Å².